The van der Waals surface area contributed by atoms with E-state index in [4.69, 9.17) is 13.9 Å². The van der Waals surface area contributed by atoms with Crippen LogP contribution in [0, 0.1) is 0 Å². The summed E-state index contributed by atoms with van der Waals surface area (Å²) in [5.41, 5.74) is 3.04. The van der Waals surface area contributed by atoms with Gasteiger partial charge in [0.25, 0.3) is 0 Å². The molecule has 0 spiro atoms. The van der Waals surface area contributed by atoms with E-state index in [9.17, 15) is 5.11 Å². The molecular formula is C27H52O4Si. The first-order chi connectivity index (χ1) is 15.0. The number of ether oxygens (including phenoxy) is 2. The van der Waals surface area contributed by atoms with Crippen molar-refractivity contribution in [1.29, 1.82) is 0 Å². The van der Waals surface area contributed by atoms with E-state index in [2.05, 4.69) is 80.5 Å². The number of hydrogen-bond donors (Lipinski definition) is 1. The molecule has 0 amide bonds. The molecule has 0 radical (unpaired) electrons. The van der Waals surface area contributed by atoms with E-state index < -0.39 is 20.2 Å². The molecule has 1 N–H and O–H groups in total. The predicted molar refractivity (Wildman–Crippen MR) is 139 cm³/mol. The van der Waals surface area contributed by atoms with Gasteiger partial charge < -0.3 is 19.0 Å². The maximum Gasteiger partial charge on any atom is 0.201 e. The number of hydrogen-bond acceptors (Lipinski definition) is 4. The summed E-state index contributed by atoms with van der Waals surface area (Å²) in [5.74, 6) is -0.649. The van der Waals surface area contributed by atoms with Crippen LogP contribution in [0.25, 0.3) is 0 Å². The zero-order chi connectivity index (χ0) is 24.4. The second kappa shape index (κ2) is 14.1. The van der Waals surface area contributed by atoms with E-state index in [-0.39, 0.29) is 6.10 Å². The zero-order valence-electron chi connectivity index (χ0n) is 22.4. The van der Waals surface area contributed by atoms with Gasteiger partial charge in [0.05, 0.1) is 25.4 Å². The minimum atomic E-state index is -1.89. The molecule has 0 aliphatic carbocycles. The van der Waals surface area contributed by atoms with E-state index in [1.807, 2.05) is 0 Å². The Hall–Kier alpha value is -0.463. The maximum atomic E-state index is 10.5. The molecule has 1 heterocycles. The van der Waals surface area contributed by atoms with Gasteiger partial charge in [-0.15, -0.1) is 0 Å². The maximum absolute atomic E-state index is 10.5. The molecule has 1 saturated heterocycles. The normalized spacial score (nSPS) is 18.8. The predicted octanol–water partition coefficient (Wildman–Crippen LogP) is 7.53. The molecular weight excluding hydrogens is 416 g/mol. The molecule has 0 aromatic heterocycles. The van der Waals surface area contributed by atoms with Gasteiger partial charge in [-0.3, -0.25) is 0 Å². The lowest BCUT2D eigenvalue weighted by Crippen LogP contribution is -2.49. The minimum absolute atomic E-state index is 0.157. The molecule has 5 heteroatoms. The lowest BCUT2D eigenvalue weighted by Gasteiger charge is -2.44. The fourth-order valence-electron chi connectivity index (χ4n) is 5.37. The SMILES string of the molecule is CC[C@@H](/C=C\CCC1(C[C@H](O)CCC=C(C)C)OCCO1)O[Si](C(C)C)(C(C)C)C(C)C. The second-order valence-electron chi connectivity index (χ2n) is 10.7. The monoisotopic (exact) mass is 468 g/mol. The van der Waals surface area contributed by atoms with Crippen LogP contribution in [-0.4, -0.2) is 44.6 Å². The molecule has 1 aliphatic rings. The van der Waals surface area contributed by atoms with E-state index >= 15 is 0 Å². The van der Waals surface area contributed by atoms with Crippen molar-refractivity contribution >= 4 is 8.32 Å². The van der Waals surface area contributed by atoms with E-state index in [1.54, 1.807) is 0 Å². The van der Waals surface area contributed by atoms with Gasteiger partial charge in [-0.1, -0.05) is 72.3 Å². The van der Waals surface area contributed by atoms with Crippen molar-refractivity contribution in [2.45, 2.75) is 135 Å². The Labute approximate surface area is 199 Å². The molecule has 0 unspecified atom stereocenters. The van der Waals surface area contributed by atoms with Gasteiger partial charge in [-0.05, 0) is 56.2 Å². The highest BCUT2D eigenvalue weighted by molar-refractivity contribution is 6.77. The molecule has 188 valence electrons. The highest BCUT2D eigenvalue weighted by Gasteiger charge is 2.46. The Morgan fingerprint density at radius 2 is 1.56 bits per heavy atom. The van der Waals surface area contributed by atoms with E-state index in [0.29, 0.717) is 36.3 Å². The van der Waals surface area contributed by atoms with Gasteiger partial charge >= 0.3 is 0 Å². The Morgan fingerprint density at radius 3 is 2.03 bits per heavy atom. The third-order valence-corrected chi connectivity index (χ3v) is 13.0. The molecule has 32 heavy (non-hydrogen) atoms. The van der Waals surface area contributed by atoms with Gasteiger partial charge in [0.15, 0.2) is 5.79 Å². The third-order valence-electron chi connectivity index (χ3n) is 6.92. The fourth-order valence-corrected chi connectivity index (χ4v) is 11.0. The summed E-state index contributed by atoms with van der Waals surface area (Å²) in [6.07, 6.45) is 11.2. The molecule has 1 aliphatic heterocycles. The number of aliphatic hydroxyl groups is 1. The quantitative estimate of drug-likeness (QED) is 0.199. The van der Waals surface area contributed by atoms with Crippen LogP contribution in [0.15, 0.2) is 23.8 Å². The molecule has 1 rings (SSSR count). The van der Waals surface area contributed by atoms with Gasteiger partial charge in [0, 0.05) is 12.8 Å². The summed E-state index contributed by atoms with van der Waals surface area (Å²) in [5, 5.41) is 10.5. The number of rotatable bonds is 15. The lowest BCUT2D eigenvalue weighted by atomic mass is 9.99. The van der Waals surface area contributed by atoms with Gasteiger partial charge in [-0.25, -0.2) is 0 Å². The first-order valence-electron chi connectivity index (χ1n) is 12.9. The molecule has 4 nitrogen and oxygen atoms in total. The zero-order valence-corrected chi connectivity index (χ0v) is 23.4. The smallest absolute Gasteiger partial charge is 0.201 e. The largest absolute Gasteiger partial charge is 0.410 e. The van der Waals surface area contributed by atoms with Gasteiger partial charge in [0.1, 0.15) is 0 Å². The van der Waals surface area contributed by atoms with Crippen LogP contribution < -0.4 is 0 Å². The van der Waals surface area contributed by atoms with Gasteiger partial charge in [0.2, 0.25) is 8.32 Å². The standard InChI is InChI=1S/C27H52O4Si/c1-10-26(31-32(22(4)5,23(6)7)24(8)9)16-11-12-17-27(29-18-19-30-27)20-25(28)15-13-14-21(2)3/h11,14,16,22-26,28H,10,12-13,15,17-20H2,1-9H3/b16-11-/t25-,26+/m1/s1. The minimum Gasteiger partial charge on any atom is -0.410 e. The average molecular weight is 469 g/mol. The third kappa shape index (κ3) is 8.71. The van der Waals surface area contributed by atoms with Crippen LogP contribution in [0.5, 0.6) is 0 Å². The van der Waals surface area contributed by atoms with Crippen LogP contribution in [0.1, 0.15) is 101 Å². The van der Waals surface area contributed by atoms with Crippen LogP contribution in [0.2, 0.25) is 16.6 Å². The molecule has 0 aromatic carbocycles. The van der Waals surface area contributed by atoms with Crippen molar-refractivity contribution in [3.63, 3.8) is 0 Å². The summed E-state index contributed by atoms with van der Waals surface area (Å²) >= 11 is 0. The van der Waals surface area contributed by atoms with Crippen molar-refractivity contribution < 1.29 is 19.0 Å². The lowest BCUT2D eigenvalue weighted by molar-refractivity contribution is -0.181. The number of aliphatic hydroxyl groups excluding tert-OH is 1. The molecule has 0 bridgehead atoms. The highest BCUT2D eigenvalue weighted by Crippen LogP contribution is 2.43. The van der Waals surface area contributed by atoms with Crippen LogP contribution in [0.4, 0.5) is 0 Å². The summed E-state index contributed by atoms with van der Waals surface area (Å²) in [7, 11) is -1.89. The summed E-state index contributed by atoms with van der Waals surface area (Å²) in [6.45, 7) is 21.6. The summed E-state index contributed by atoms with van der Waals surface area (Å²) < 4.78 is 18.9. The second-order valence-corrected chi connectivity index (χ2v) is 16.1. The van der Waals surface area contributed by atoms with Crippen LogP contribution in [0.3, 0.4) is 0 Å². The van der Waals surface area contributed by atoms with Gasteiger partial charge in [-0.2, -0.15) is 0 Å². The van der Waals surface area contributed by atoms with Crippen molar-refractivity contribution in [2.24, 2.45) is 0 Å². The van der Waals surface area contributed by atoms with Crippen LogP contribution >= 0.6 is 0 Å². The summed E-state index contributed by atoms with van der Waals surface area (Å²) in [4.78, 5) is 0. The Kier molecular flexibility index (Phi) is 13.0. The average Bonchev–Trinajstić information content (AvgIpc) is 3.14. The Balaban J connectivity index is 2.72. The summed E-state index contributed by atoms with van der Waals surface area (Å²) in [6, 6.07) is 0. The number of allylic oxidation sites excluding steroid dienone is 3. The van der Waals surface area contributed by atoms with Crippen molar-refractivity contribution in [1.82, 2.24) is 0 Å². The van der Waals surface area contributed by atoms with E-state index in [0.717, 1.165) is 32.1 Å². The first kappa shape index (κ1) is 29.6. The van der Waals surface area contributed by atoms with E-state index in [1.165, 1.54) is 5.57 Å². The fraction of sp³-hybridized carbons (Fsp3) is 0.852. The Bertz CT molecular complexity index is 550. The van der Waals surface area contributed by atoms with Crippen molar-refractivity contribution in [3.8, 4) is 0 Å². The molecule has 1 fully saturated rings. The first-order valence-corrected chi connectivity index (χ1v) is 15.1. The molecule has 2 atom stereocenters. The van der Waals surface area contributed by atoms with Crippen LogP contribution in [-0.2, 0) is 13.9 Å². The van der Waals surface area contributed by atoms with Crippen molar-refractivity contribution in [2.75, 3.05) is 13.2 Å². The molecule has 0 saturated carbocycles. The topological polar surface area (TPSA) is 47.9 Å². The van der Waals surface area contributed by atoms with Crippen molar-refractivity contribution in [3.05, 3.63) is 23.8 Å². The highest BCUT2D eigenvalue weighted by atomic mass is 28.4. The molecule has 0 aromatic rings. The Morgan fingerprint density at radius 1 is 1.00 bits per heavy atom.